The van der Waals surface area contributed by atoms with Gasteiger partial charge in [0.1, 0.15) is 5.52 Å². The molecule has 0 spiro atoms. The van der Waals surface area contributed by atoms with E-state index in [-0.39, 0.29) is 0 Å². The number of piperidine rings is 1. The molecule has 0 radical (unpaired) electrons. The predicted molar refractivity (Wildman–Crippen MR) is 123 cm³/mol. The molecule has 2 aromatic heterocycles. The van der Waals surface area contributed by atoms with Crippen molar-refractivity contribution in [1.82, 2.24) is 30.7 Å². The lowest BCUT2D eigenvalue weighted by atomic mass is 9.86. The fourth-order valence-electron chi connectivity index (χ4n) is 5.56. The van der Waals surface area contributed by atoms with Gasteiger partial charge in [0.05, 0.1) is 5.39 Å². The Hall–Kier alpha value is -3.06. The molecule has 1 aliphatic heterocycles. The molecule has 0 atom stereocenters. The Balaban J connectivity index is 1.24. The topological polar surface area (TPSA) is 83.7 Å². The second-order valence-electron chi connectivity index (χ2n) is 9.22. The summed E-state index contributed by atoms with van der Waals surface area (Å²) in [5.41, 5.74) is 4.24. The minimum absolute atomic E-state index is 0.611. The van der Waals surface area contributed by atoms with E-state index in [1.807, 2.05) is 18.2 Å². The van der Waals surface area contributed by atoms with Gasteiger partial charge in [-0.1, -0.05) is 42.6 Å². The Morgan fingerprint density at radius 2 is 1.78 bits per heavy atom. The normalized spacial score (nSPS) is 19.0. The van der Waals surface area contributed by atoms with Gasteiger partial charge in [0.15, 0.2) is 11.6 Å². The first kappa shape index (κ1) is 19.6. The van der Waals surface area contributed by atoms with Crippen molar-refractivity contribution in [2.75, 3.05) is 13.1 Å². The molecule has 164 valence electrons. The number of hydrogen-bond acceptors (Lipinski definition) is 6. The molecule has 0 amide bonds. The SMILES string of the molecule is c1cc(-c2onc3ccc(-c4nnn[nH]4)cc23)cc(C2CCN(C3CCCCC3)CC2)c1. The number of hydrogen-bond donors (Lipinski definition) is 1. The first-order chi connectivity index (χ1) is 15.8. The van der Waals surface area contributed by atoms with Crippen LogP contribution in [0.2, 0.25) is 0 Å². The average Bonchev–Trinajstić information content (AvgIpc) is 3.55. The molecule has 3 heterocycles. The van der Waals surface area contributed by atoms with Gasteiger partial charge in [-0.15, -0.1) is 5.10 Å². The number of benzene rings is 2. The molecular formula is C25H28N6O. The summed E-state index contributed by atoms with van der Waals surface area (Å²) in [7, 11) is 0. The van der Waals surface area contributed by atoms with Gasteiger partial charge < -0.3 is 9.42 Å². The number of H-pyrrole nitrogens is 1. The van der Waals surface area contributed by atoms with Gasteiger partial charge in [-0.3, -0.25) is 0 Å². The zero-order valence-electron chi connectivity index (χ0n) is 18.2. The Morgan fingerprint density at radius 3 is 2.59 bits per heavy atom. The number of tetrazole rings is 1. The molecule has 2 fully saturated rings. The van der Waals surface area contributed by atoms with Crippen LogP contribution in [-0.4, -0.2) is 49.8 Å². The maximum absolute atomic E-state index is 5.79. The Morgan fingerprint density at radius 1 is 0.906 bits per heavy atom. The maximum Gasteiger partial charge on any atom is 0.179 e. The second kappa shape index (κ2) is 8.47. The molecule has 1 N–H and O–H groups in total. The van der Waals surface area contributed by atoms with Crippen molar-refractivity contribution in [3.05, 3.63) is 48.0 Å². The van der Waals surface area contributed by atoms with Crippen LogP contribution in [-0.2, 0) is 0 Å². The number of aromatic amines is 1. The molecule has 32 heavy (non-hydrogen) atoms. The van der Waals surface area contributed by atoms with Crippen LogP contribution >= 0.6 is 0 Å². The van der Waals surface area contributed by atoms with Crippen molar-refractivity contribution in [2.24, 2.45) is 0 Å². The van der Waals surface area contributed by atoms with E-state index in [1.165, 1.54) is 63.6 Å². The van der Waals surface area contributed by atoms with E-state index in [9.17, 15) is 0 Å². The monoisotopic (exact) mass is 428 g/mol. The summed E-state index contributed by atoms with van der Waals surface area (Å²) in [6.45, 7) is 2.44. The smallest absolute Gasteiger partial charge is 0.179 e. The Labute approximate surface area is 187 Å². The average molecular weight is 429 g/mol. The number of aromatic nitrogens is 5. The molecule has 2 aliphatic rings. The largest absolute Gasteiger partial charge is 0.355 e. The summed E-state index contributed by atoms with van der Waals surface area (Å²) in [5, 5.41) is 19.5. The lowest BCUT2D eigenvalue weighted by Gasteiger charge is -2.39. The molecular weight excluding hydrogens is 400 g/mol. The highest BCUT2D eigenvalue weighted by atomic mass is 16.5. The van der Waals surface area contributed by atoms with Gasteiger partial charge >= 0.3 is 0 Å². The lowest BCUT2D eigenvalue weighted by molar-refractivity contribution is 0.122. The van der Waals surface area contributed by atoms with Crippen LogP contribution in [0.1, 0.15) is 56.4 Å². The van der Waals surface area contributed by atoms with Crippen LogP contribution in [0.4, 0.5) is 0 Å². The molecule has 7 heteroatoms. The fraction of sp³-hybridized carbons (Fsp3) is 0.440. The number of fused-ring (bicyclic) bond motifs is 1. The third kappa shape index (κ3) is 3.71. The number of nitrogens with one attached hydrogen (secondary N) is 1. The van der Waals surface area contributed by atoms with Gasteiger partial charge in [0.2, 0.25) is 0 Å². The van der Waals surface area contributed by atoms with Crippen molar-refractivity contribution < 1.29 is 4.52 Å². The Bertz CT molecular complexity index is 1190. The van der Waals surface area contributed by atoms with Crippen LogP contribution < -0.4 is 0 Å². The van der Waals surface area contributed by atoms with Gasteiger partial charge in [-0.05, 0) is 84.9 Å². The van der Waals surface area contributed by atoms with Gasteiger partial charge in [-0.25, -0.2) is 5.10 Å². The van der Waals surface area contributed by atoms with E-state index >= 15 is 0 Å². The van der Waals surface area contributed by atoms with E-state index < -0.39 is 0 Å². The van der Waals surface area contributed by atoms with Gasteiger partial charge in [-0.2, -0.15) is 0 Å². The maximum atomic E-state index is 5.79. The van der Waals surface area contributed by atoms with E-state index in [2.05, 4.69) is 54.9 Å². The zero-order valence-corrected chi connectivity index (χ0v) is 18.2. The van der Waals surface area contributed by atoms with Crippen LogP contribution in [0.3, 0.4) is 0 Å². The summed E-state index contributed by atoms with van der Waals surface area (Å²) in [6, 6.07) is 15.6. The fourth-order valence-corrected chi connectivity index (χ4v) is 5.56. The first-order valence-corrected chi connectivity index (χ1v) is 11.8. The highest BCUT2D eigenvalue weighted by Gasteiger charge is 2.27. The van der Waals surface area contributed by atoms with Crippen molar-refractivity contribution in [2.45, 2.75) is 56.9 Å². The van der Waals surface area contributed by atoms with Crippen LogP contribution in [0.25, 0.3) is 33.6 Å². The minimum Gasteiger partial charge on any atom is -0.355 e. The van der Waals surface area contributed by atoms with Crippen molar-refractivity contribution in [1.29, 1.82) is 0 Å². The molecule has 4 aromatic rings. The minimum atomic E-state index is 0.611. The quantitative estimate of drug-likeness (QED) is 0.482. The number of rotatable bonds is 4. The third-order valence-electron chi connectivity index (χ3n) is 7.34. The first-order valence-electron chi connectivity index (χ1n) is 11.8. The third-order valence-corrected chi connectivity index (χ3v) is 7.34. The van der Waals surface area contributed by atoms with Crippen molar-refractivity contribution in [3.8, 4) is 22.7 Å². The van der Waals surface area contributed by atoms with Crippen LogP contribution in [0.5, 0.6) is 0 Å². The molecule has 1 saturated carbocycles. The summed E-state index contributed by atoms with van der Waals surface area (Å²) in [5.74, 6) is 2.05. The van der Waals surface area contributed by atoms with Crippen LogP contribution in [0, 0.1) is 0 Å². The second-order valence-corrected chi connectivity index (χ2v) is 9.22. The highest BCUT2D eigenvalue weighted by molar-refractivity contribution is 5.94. The van der Waals surface area contributed by atoms with E-state index in [1.54, 1.807) is 0 Å². The summed E-state index contributed by atoms with van der Waals surface area (Å²) in [4.78, 5) is 2.75. The van der Waals surface area contributed by atoms with Crippen LogP contribution in [0.15, 0.2) is 47.0 Å². The summed E-state index contributed by atoms with van der Waals surface area (Å²) in [6.07, 6.45) is 9.50. The molecule has 0 bridgehead atoms. The van der Waals surface area contributed by atoms with Crippen molar-refractivity contribution >= 4 is 10.9 Å². The molecule has 2 aromatic carbocycles. The zero-order chi connectivity index (χ0) is 21.3. The van der Waals surface area contributed by atoms with Gasteiger partial charge in [0, 0.05) is 17.2 Å². The van der Waals surface area contributed by atoms with Gasteiger partial charge in [0.25, 0.3) is 0 Å². The Kier molecular flexibility index (Phi) is 5.19. The number of nitrogens with zero attached hydrogens (tertiary/aromatic N) is 5. The summed E-state index contributed by atoms with van der Waals surface area (Å²) >= 11 is 0. The molecule has 1 aliphatic carbocycles. The molecule has 6 rings (SSSR count). The van der Waals surface area contributed by atoms with E-state index in [0.717, 1.165) is 33.8 Å². The predicted octanol–water partition coefficient (Wildman–Crippen LogP) is 5.19. The number of likely N-dealkylation sites (tertiary alicyclic amines) is 1. The molecule has 7 nitrogen and oxygen atoms in total. The summed E-state index contributed by atoms with van der Waals surface area (Å²) < 4.78 is 5.79. The lowest BCUT2D eigenvalue weighted by Crippen LogP contribution is -2.41. The van der Waals surface area contributed by atoms with E-state index in [4.69, 9.17) is 4.52 Å². The highest BCUT2D eigenvalue weighted by Crippen LogP contribution is 2.36. The van der Waals surface area contributed by atoms with Crippen molar-refractivity contribution in [3.63, 3.8) is 0 Å². The molecule has 1 saturated heterocycles. The molecule has 0 unspecified atom stereocenters. The van der Waals surface area contributed by atoms with E-state index in [0.29, 0.717) is 11.7 Å². The standard InChI is InChI=1S/C25H28N6O/c1-2-7-21(8-3-1)31-13-11-17(12-14-31)18-5-4-6-19(15-18)24-22-16-20(25-26-29-30-27-25)9-10-23(22)28-32-24/h4-6,9-10,15-17,21H,1-3,7-8,11-14H2,(H,26,27,29,30).